The minimum atomic E-state index is -0.634. The van der Waals surface area contributed by atoms with Gasteiger partial charge in [0.05, 0.1) is 7.11 Å². The number of hydrogen-bond acceptors (Lipinski definition) is 4. The number of thioether (sulfide) groups is 1. The normalized spacial score (nSPS) is 23.6. The summed E-state index contributed by atoms with van der Waals surface area (Å²) in [5, 5.41) is 1.89. The van der Waals surface area contributed by atoms with E-state index in [1.54, 1.807) is 0 Å². The van der Waals surface area contributed by atoms with Gasteiger partial charge in [0, 0.05) is 5.92 Å². The quantitative estimate of drug-likeness (QED) is 0.568. The Morgan fingerprint density at radius 3 is 2.91 bits per heavy atom. The molecule has 1 atom stereocenters. The highest BCUT2D eigenvalue weighted by atomic mass is 32.2. The predicted molar refractivity (Wildman–Crippen MR) is 42.9 cm³/mol. The fourth-order valence-electron chi connectivity index (χ4n) is 0.660. The maximum atomic E-state index is 10.6. The van der Waals surface area contributed by atoms with Gasteiger partial charge in [0.2, 0.25) is 0 Å². The molecule has 0 N–H and O–H groups in total. The molecule has 0 saturated carbocycles. The van der Waals surface area contributed by atoms with Gasteiger partial charge in [0.1, 0.15) is 0 Å². The highest BCUT2D eigenvalue weighted by Crippen LogP contribution is 2.31. The summed E-state index contributed by atoms with van der Waals surface area (Å²) in [5.74, 6) is 1.03. The van der Waals surface area contributed by atoms with E-state index < -0.39 is 6.16 Å². The maximum Gasteiger partial charge on any atom is 0.509 e. The molecule has 0 saturated heterocycles. The van der Waals surface area contributed by atoms with Crippen LogP contribution in [0.2, 0.25) is 0 Å². The fourth-order valence-corrected chi connectivity index (χ4v) is 1.52. The smallest absolute Gasteiger partial charge is 0.438 e. The number of carbonyl (C=O) groups is 1. The van der Waals surface area contributed by atoms with Crippen molar-refractivity contribution in [2.24, 2.45) is 0 Å². The molecule has 0 aliphatic carbocycles. The van der Waals surface area contributed by atoms with E-state index in [4.69, 9.17) is 4.74 Å². The van der Waals surface area contributed by atoms with E-state index in [1.165, 1.54) is 18.9 Å². The number of hydrogen-bond donors (Lipinski definition) is 0. The maximum absolute atomic E-state index is 10.6. The molecule has 1 radical (unpaired) electrons. The summed E-state index contributed by atoms with van der Waals surface area (Å²) in [6.45, 7) is 1.91. The van der Waals surface area contributed by atoms with Crippen molar-refractivity contribution in [1.29, 1.82) is 0 Å². The van der Waals surface area contributed by atoms with Crippen LogP contribution in [0.3, 0.4) is 0 Å². The van der Waals surface area contributed by atoms with Crippen molar-refractivity contribution in [1.82, 2.24) is 0 Å². The lowest BCUT2D eigenvalue weighted by atomic mass is 10.2. The monoisotopic (exact) mass is 173 g/mol. The van der Waals surface area contributed by atoms with Crippen molar-refractivity contribution >= 4 is 17.9 Å². The summed E-state index contributed by atoms with van der Waals surface area (Å²) in [4.78, 5) is 10.6. The predicted octanol–water partition coefficient (Wildman–Crippen LogP) is 1.95. The second-order valence-corrected chi connectivity index (χ2v) is 3.06. The molecular formula is C7H9O3S. The Bertz CT molecular complexity index is 179. The zero-order chi connectivity index (χ0) is 8.27. The van der Waals surface area contributed by atoms with E-state index >= 15 is 0 Å². The summed E-state index contributed by atoms with van der Waals surface area (Å²) in [7, 11) is 1.30. The number of carbonyl (C=O) groups excluding carboxylic acids is 1. The molecule has 0 bridgehead atoms. The van der Waals surface area contributed by atoms with E-state index in [0.717, 1.165) is 5.92 Å². The number of methoxy groups -OCH3 is 1. The van der Waals surface area contributed by atoms with Crippen LogP contribution >= 0.6 is 11.8 Å². The van der Waals surface area contributed by atoms with Gasteiger partial charge in [-0.3, -0.25) is 0 Å². The minimum Gasteiger partial charge on any atom is -0.438 e. The van der Waals surface area contributed by atoms with Crippen LogP contribution in [-0.4, -0.2) is 18.7 Å². The lowest BCUT2D eigenvalue weighted by molar-refractivity contribution is 0.0692. The van der Waals surface area contributed by atoms with Gasteiger partial charge in [0.25, 0.3) is 0 Å². The van der Waals surface area contributed by atoms with Gasteiger partial charge in [-0.2, -0.15) is 0 Å². The first-order valence-corrected chi connectivity index (χ1v) is 4.08. The van der Waals surface area contributed by atoms with Crippen LogP contribution in [0.15, 0.2) is 11.5 Å². The standard InChI is InChI=1S/C7H9O3S/c1-5-3-4-11-6(5)10-7(8)9-2/h3-4,6H,1-2H3. The molecule has 0 spiro atoms. The summed E-state index contributed by atoms with van der Waals surface area (Å²) in [6.07, 6.45) is 1.28. The van der Waals surface area contributed by atoms with Crippen LogP contribution < -0.4 is 0 Å². The first kappa shape index (κ1) is 8.46. The molecule has 1 rings (SSSR count). The molecule has 1 aliphatic rings. The lowest BCUT2D eigenvalue weighted by Gasteiger charge is -2.12. The Kier molecular flexibility index (Phi) is 2.82. The van der Waals surface area contributed by atoms with E-state index in [0.29, 0.717) is 0 Å². The van der Waals surface area contributed by atoms with Crippen molar-refractivity contribution < 1.29 is 14.3 Å². The third-order valence-electron chi connectivity index (χ3n) is 1.27. The molecule has 0 amide bonds. The van der Waals surface area contributed by atoms with Gasteiger partial charge in [-0.15, -0.1) is 0 Å². The lowest BCUT2D eigenvalue weighted by Crippen LogP contribution is -2.16. The van der Waals surface area contributed by atoms with Crippen LogP contribution in [0.1, 0.15) is 6.92 Å². The summed E-state index contributed by atoms with van der Waals surface area (Å²) in [6, 6.07) is 0. The van der Waals surface area contributed by atoms with Gasteiger partial charge < -0.3 is 9.47 Å². The Morgan fingerprint density at radius 2 is 2.45 bits per heavy atom. The zero-order valence-electron chi connectivity index (χ0n) is 6.37. The highest BCUT2D eigenvalue weighted by molar-refractivity contribution is 8.03. The van der Waals surface area contributed by atoms with Gasteiger partial charge in [-0.25, -0.2) is 4.79 Å². The molecule has 0 aromatic heterocycles. The molecule has 0 fully saturated rings. The molecule has 3 nitrogen and oxygen atoms in total. The van der Waals surface area contributed by atoms with E-state index in [9.17, 15) is 4.79 Å². The summed E-state index contributed by atoms with van der Waals surface area (Å²) >= 11 is 1.45. The first-order valence-electron chi connectivity index (χ1n) is 3.14. The van der Waals surface area contributed by atoms with Crippen molar-refractivity contribution in [2.45, 2.75) is 12.4 Å². The molecule has 0 aromatic rings. The van der Waals surface area contributed by atoms with Crippen LogP contribution in [0.4, 0.5) is 4.79 Å². The Balaban J connectivity index is 2.33. The zero-order valence-corrected chi connectivity index (χ0v) is 7.18. The van der Waals surface area contributed by atoms with Crippen molar-refractivity contribution in [2.75, 3.05) is 7.11 Å². The summed E-state index contributed by atoms with van der Waals surface area (Å²) in [5.41, 5.74) is -0.192. The molecule has 11 heavy (non-hydrogen) atoms. The van der Waals surface area contributed by atoms with Crippen molar-refractivity contribution in [3.8, 4) is 0 Å². The van der Waals surface area contributed by atoms with Gasteiger partial charge in [-0.1, -0.05) is 24.8 Å². The second-order valence-electron chi connectivity index (χ2n) is 2.09. The number of ether oxygens (including phenoxy) is 2. The Labute approximate surface area is 69.7 Å². The third kappa shape index (κ3) is 2.15. The van der Waals surface area contributed by atoms with Crippen molar-refractivity contribution in [3.63, 3.8) is 0 Å². The second kappa shape index (κ2) is 3.67. The average molecular weight is 173 g/mol. The number of rotatable bonds is 1. The van der Waals surface area contributed by atoms with Crippen LogP contribution in [0.25, 0.3) is 0 Å². The first-order chi connectivity index (χ1) is 5.24. The topological polar surface area (TPSA) is 35.5 Å². The molecule has 0 aromatic carbocycles. The Morgan fingerprint density at radius 1 is 1.73 bits per heavy atom. The van der Waals surface area contributed by atoms with Gasteiger partial charge in [0.15, 0.2) is 5.44 Å². The molecule has 61 valence electrons. The van der Waals surface area contributed by atoms with Gasteiger partial charge >= 0.3 is 6.16 Å². The fraction of sp³-hybridized carbons (Fsp3) is 0.429. The molecular weight excluding hydrogens is 164 g/mol. The molecule has 1 aliphatic heterocycles. The molecule has 1 unspecified atom stereocenters. The van der Waals surface area contributed by atoms with E-state index in [-0.39, 0.29) is 5.44 Å². The van der Waals surface area contributed by atoms with Crippen LogP contribution in [0, 0.1) is 5.92 Å². The average Bonchev–Trinajstić information content (AvgIpc) is 2.37. The van der Waals surface area contributed by atoms with E-state index in [2.05, 4.69) is 4.74 Å². The Hall–Kier alpha value is -0.640. The molecule has 1 heterocycles. The van der Waals surface area contributed by atoms with Gasteiger partial charge in [-0.05, 0) is 5.41 Å². The summed E-state index contributed by atoms with van der Waals surface area (Å²) < 4.78 is 9.22. The van der Waals surface area contributed by atoms with Crippen LogP contribution in [0.5, 0.6) is 0 Å². The SMILES string of the molecule is COC(=O)OC1SC=C[C]1C. The third-order valence-corrected chi connectivity index (χ3v) is 2.28. The van der Waals surface area contributed by atoms with Crippen molar-refractivity contribution in [3.05, 3.63) is 17.4 Å². The minimum absolute atomic E-state index is 0.192. The van der Waals surface area contributed by atoms with Crippen LogP contribution in [-0.2, 0) is 9.47 Å². The molecule has 4 heteroatoms. The highest BCUT2D eigenvalue weighted by Gasteiger charge is 2.24. The van der Waals surface area contributed by atoms with E-state index in [1.807, 2.05) is 18.4 Å². The largest absolute Gasteiger partial charge is 0.509 e.